The van der Waals surface area contributed by atoms with Crippen LogP contribution in [-0.2, 0) is 6.42 Å². The minimum atomic E-state index is 0.165. The molecule has 1 aromatic rings. The molecule has 0 aliphatic carbocycles. The third-order valence-electron chi connectivity index (χ3n) is 3.72. The van der Waals surface area contributed by atoms with Crippen molar-refractivity contribution in [2.75, 3.05) is 13.7 Å². The van der Waals surface area contributed by atoms with Gasteiger partial charge in [0.1, 0.15) is 5.75 Å². The number of nitrogens with one attached hydrogen (secondary N) is 1. The highest BCUT2D eigenvalue weighted by Gasteiger charge is 2.26. The van der Waals surface area contributed by atoms with Crippen LogP contribution in [0.25, 0.3) is 0 Å². The van der Waals surface area contributed by atoms with Crippen molar-refractivity contribution in [3.05, 3.63) is 29.8 Å². The molecule has 1 rings (SSSR count). The number of benzene rings is 1. The lowest BCUT2D eigenvalue weighted by Crippen LogP contribution is -2.42. The zero-order valence-corrected chi connectivity index (χ0v) is 14.2. The first-order valence-corrected chi connectivity index (χ1v) is 7.50. The van der Waals surface area contributed by atoms with Gasteiger partial charge in [-0.1, -0.05) is 32.9 Å². The van der Waals surface area contributed by atoms with Gasteiger partial charge < -0.3 is 10.1 Å². The fraction of sp³-hybridized carbons (Fsp3) is 0.667. The van der Waals surface area contributed by atoms with Crippen LogP contribution in [-0.4, -0.2) is 19.2 Å². The van der Waals surface area contributed by atoms with Gasteiger partial charge >= 0.3 is 0 Å². The van der Waals surface area contributed by atoms with Crippen LogP contribution < -0.4 is 10.1 Å². The zero-order valence-electron chi connectivity index (χ0n) is 14.2. The fourth-order valence-electron chi connectivity index (χ4n) is 2.20. The van der Waals surface area contributed by atoms with Gasteiger partial charge in [0.2, 0.25) is 0 Å². The molecular weight excluding hydrogens is 246 g/mol. The summed E-state index contributed by atoms with van der Waals surface area (Å²) < 4.78 is 5.32. The summed E-state index contributed by atoms with van der Waals surface area (Å²) >= 11 is 0. The first-order chi connectivity index (χ1) is 9.12. The summed E-state index contributed by atoms with van der Waals surface area (Å²) in [5.41, 5.74) is 1.79. The smallest absolute Gasteiger partial charge is 0.119 e. The maximum absolute atomic E-state index is 5.32. The van der Waals surface area contributed by atoms with E-state index in [0.717, 1.165) is 18.7 Å². The van der Waals surface area contributed by atoms with Crippen LogP contribution in [0.15, 0.2) is 24.3 Å². The Kier molecular flexibility index (Phi) is 5.64. The Morgan fingerprint density at radius 2 is 1.75 bits per heavy atom. The minimum Gasteiger partial charge on any atom is -0.497 e. The van der Waals surface area contributed by atoms with Gasteiger partial charge in [-0.3, -0.25) is 0 Å². The summed E-state index contributed by atoms with van der Waals surface area (Å²) in [6.45, 7) is 14.7. The summed E-state index contributed by atoms with van der Waals surface area (Å²) in [5, 5.41) is 3.65. The lowest BCUT2D eigenvalue weighted by Gasteiger charge is -2.34. The van der Waals surface area contributed by atoms with Gasteiger partial charge in [-0.05, 0) is 62.8 Å². The number of methoxy groups -OCH3 is 1. The molecule has 1 unspecified atom stereocenters. The Hall–Kier alpha value is -1.02. The van der Waals surface area contributed by atoms with Crippen LogP contribution >= 0.6 is 0 Å². The van der Waals surface area contributed by atoms with Crippen molar-refractivity contribution in [3.8, 4) is 5.75 Å². The van der Waals surface area contributed by atoms with Crippen molar-refractivity contribution in [1.29, 1.82) is 0 Å². The van der Waals surface area contributed by atoms with E-state index in [-0.39, 0.29) is 11.0 Å². The van der Waals surface area contributed by atoms with Crippen LogP contribution in [0.1, 0.15) is 47.1 Å². The Labute approximate surface area is 124 Å². The second-order valence-electron chi connectivity index (χ2n) is 7.75. The summed E-state index contributed by atoms with van der Waals surface area (Å²) in [5.74, 6) is 1.53. The van der Waals surface area contributed by atoms with E-state index in [1.165, 1.54) is 5.56 Å². The van der Waals surface area contributed by atoms with Crippen LogP contribution in [0.5, 0.6) is 5.75 Å². The molecule has 114 valence electrons. The molecule has 0 saturated carbocycles. The maximum Gasteiger partial charge on any atom is 0.119 e. The zero-order chi connectivity index (χ0) is 15.4. The van der Waals surface area contributed by atoms with Crippen molar-refractivity contribution in [2.24, 2.45) is 11.3 Å². The first-order valence-electron chi connectivity index (χ1n) is 7.50. The molecule has 20 heavy (non-hydrogen) atoms. The Morgan fingerprint density at radius 3 is 2.25 bits per heavy atom. The highest BCUT2D eigenvalue weighted by molar-refractivity contribution is 5.28. The Balaban J connectivity index is 2.79. The molecule has 1 aromatic carbocycles. The van der Waals surface area contributed by atoms with Gasteiger partial charge in [0.05, 0.1) is 7.11 Å². The third-order valence-corrected chi connectivity index (χ3v) is 3.72. The van der Waals surface area contributed by atoms with Gasteiger partial charge in [-0.2, -0.15) is 0 Å². The molecule has 0 spiro atoms. The molecule has 0 heterocycles. The molecule has 0 amide bonds. The molecule has 0 aliphatic rings. The number of hydrogen-bond acceptors (Lipinski definition) is 2. The highest BCUT2D eigenvalue weighted by atomic mass is 16.5. The van der Waals surface area contributed by atoms with Crippen LogP contribution in [0.3, 0.4) is 0 Å². The maximum atomic E-state index is 5.32. The molecule has 0 radical (unpaired) electrons. The average Bonchev–Trinajstić information content (AvgIpc) is 2.32. The Bertz CT molecular complexity index is 412. The normalized spacial score (nSPS) is 14.2. The fourth-order valence-corrected chi connectivity index (χ4v) is 2.20. The summed E-state index contributed by atoms with van der Waals surface area (Å²) in [6.07, 6.45) is 1.07. The molecule has 1 N–H and O–H groups in total. The van der Waals surface area contributed by atoms with Crippen LogP contribution in [0, 0.1) is 11.3 Å². The van der Waals surface area contributed by atoms with Gasteiger partial charge in [0.15, 0.2) is 0 Å². The summed E-state index contributed by atoms with van der Waals surface area (Å²) in [4.78, 5) is 0. The van der Waals surface area contributed by atoms with Gasteiger partial charge in [-0.25, -0.2) is 0 Å². The second kappa shape index (κ2) is 6.62. The predicted molar refractivity (Wildman–Crippen MR) is 87.4 cm³/mol. The van der Waals surface area contributed by atoms with Crippen molar-refractivity contribution < 1.29 is 4.74 Å². The van der Waals surface area contributed by atoms with E-state index in [1.807, 2.05) is 6.07 Å². The summed E-state index contributed by atoms with van der Waals surface area (Å²) in [6, 6.07) is 8.42. The van der Waals surface area contributed by atoms with E-state index in [0.29, 0.717) is 5.92 Å². The second-order valence-corrected chi connectivity index (χ2v) is 7.75. The SMILES string of the molecule is COc1cccc(CC(CNC(C)(C)C)C(C)(C)C)c1. The third kappa shape index (κ3) is 5.96. The number of hydrogen-bond donors (Lipinski definition) is 1. The molecule has 2 heteroatoms. The number of rotatable bonds is 5. The van der Waals surface area contributed by atoms with Crippen molar-refractivity contribution >= 4 is 0 Å². The molecule has 0 fully saturated rings. The average molecular weight is 277 g/mol. The van der Waals surface area contributed by atoms with E-state index in [9.17, 15) is 0 Å². The van der Waals surface area contributed by atoms with E-state index in [2.05, 4.69) is 65.1 Å². The first kappa shape index (κ1) is 17.0. The lowest BCUT2D eigenvalue weighted by atomic mass is 9.77. The summed E-state index contributed by atoms with van der Waals surface area (Å²) in [7, 11) is 1.72. The van der Waals surface area contributed by atoms with E-state index in [4.69, 9.17) is 4.74 Å². The van der Waals surface area contributed by atoms with E-state index >= 15 is 0 Å². The van der Waals surface area contributed by atoms with E-state index in [1.54, 1.807) is 7.11 Å². The van der Waals surface area contributed by atoms with Crippen molar-refractivity contribution in [1.82, 2.24) is 5.32 Å². The quantitative estimate of drug-likeness (QED) is 0.867. The molecule has 0 saturated heterocycles. The van der Waals surface area contributed by atoms with Crippen molar-refractivity contribution in [3.63, 3.8) is 0 Å². The topological polar surface area (TPSA) is 21.3 Å². The standard InChI is InChI=1S/C18H31NO/c1-17(2,3)15(13-19-18(4,5)6)11-14-9-8-10-16(12-14)20-7/h8-10,12,15,19H,11,13H2,1-7H3. The number of ether oxygens (including phenoxy) is 1. The van der Waals surface area contributed by atoms with Crippen LogP contribution in [0.4, 0.5) is 0 Å². The van der Waals surface area contributed by atoms with Gasteiger partial charge in [0.25, 0.3) is 0 Å². The molecule has 1 atom stereocenters. The molecule has 0 aliphatic heterocycles. The van der Waals surface area contributed by atoms with Gasteiger partial charge in [0, 0.05) is 5.54 Å². The predicted octanol–water partition coefficient (Wildman–Crippen LogP) is 4.29. The van der Waals surface area contributed by atoms with E-state index < -0.39 is 0 Å². The molecule has 2 nitrogen and oxygen atoms in total. The van der Waals surface area contributed by atoms with Crippen molar-refractivity contribution in [2.45, 2.75) is 53.5 Å². The Morgan fingerprint density at radius 1 is 1.10 bits per heavy atom. The van der Waals surface area contributed by atoms with Crippen LogP contribution in [0.2, 0.25) is 0 Å². The highest BCUT2D eigenvalue weighted by Crippen LogP contribution is 2.30. The largest absolute Gasteiger partial charge is 0.497 e. The molecular formula is C18H31NO. The molecule has 0 bridgehead atoms. The molecule has 0 aromatic heterocycles. The lowest BCUT2D eigenvalue weighted by molar-refractivity contribution is 0.214. The monoisotopic (exact) mass is 277 g/mol. The van der Waals surface area contributed by atoms with Gasteiger partial charge in [-0.15, -0.1) is 0 Å². The minimum absolute atomic E-state index is 0.165.